The Morgan fingerprint density at radius 2 is 1.93 bits per heavy atom. The number of nitrogen functional groups attached to an aromatic ring is 1. The van der Waals surface area contributed by atoms with Gasteiger partial charge in [0, 0.05) is 25.2 Å². The monoisotopic (exact) mass is 366 g/mol. The summed E-state index contributed by atoms with van der Waals surface area (Å²) >= 11 is 0. The van der Waals surface area contributed by atoms with Crippen LogP contribution in [0.4, 0.5) is 23.3 Å². The molecular weight excluding hydrogens is 344 g/mol. The third-order valence-corrected chi connectivity index (χ3v) is 4.98. The van der Waals surface area contributed by atoms with Crippen molar-refractivity contribution in [1.82, 2.24) is 9.97 Å². The number of carbonyl (C=O) groups is 2. The Labute approximate surface area is 157 Å². The SMILES string of the molecule is Cc1ccc(NC(=O)[C@@H]2CC(=O)Nc3nc(N4CCCC4)nc(N)c32)cc1. The highest BCUT2D eigenvalue weighted by Crippen LogP contribution is 2.36. The van der Waals surface area contributed by atoms with Gasteiger partial charge in [-0.15, -0.1) is 0 Å². The number of benzene rings is 1. The summed E-state index contributed by atoms with van der Waals surface area (Å²) in [5.41, 5.74) is 8.45. The van der Waals surface area contributed by atoms with Crippen molar-refractivity contribution < 1.29 is 9.59 Å². The number of fused-ring (bicyclic) bond motifs is 1. The molecule has 27 heavy (non-hydrogen) atoms. The predicted molar refractivity (Wildman–Crippen MR) is 104 cm³/mol. The number of amides is 2. The van der Waals surface area contributed by atoms with Gasteiger partial charge in [-0.1, -0.05) is 17.7 Å². The quantitative estimate of drug-likeness (QED) is 0.766. The van der Waals surface area contributed by atoms with Gasteiger partial charge in [0.25, 0.3) is 0 Å². The van der Waals surface area contributed by atoms with Gasteiger partial charge in [0.05, 0.1) is 11.5 Å². The van der Waals surface area contributed by atoms with Crippen LogP contribution >= 0.6 is 0 Å². The molecule has 140 valence electrons. The minimum atomic E-state index is -0.720. The molecule has 8 nitrogen and oxygen atoms in total. The molecule has 4 N–H and O–H groups in total. The topological polar surface area (TPSA) is 113 Å². The van der Waals surface area contributed by atoms with Crippen LogP contribution in [-0.2, 0) is 9.59 Å². The number of nitrogens with one attached hydrogen (secondary N) is 2. The molecule has 1 fully saturated rings. The molecule has 0 saturated carbocycles. The molecule has 8 heteroatoms. The standard InChI is InChI=1S/C19H22N6O2/c1-11-4-6-12(7-5-11)21-18(27)13-10-14(26)22-17-15(13)16(20)23-19(24-17)25-8-2-3-9-25/h4-7,13H,2-3,8-10H2,1H3,(H,21,27)(H3,20,22,23,24,26)/t13-/m1/s1. The van der Waals surface area contributed by atoms with E-state index in [4.69, 9.17) is 5.73 Å². The first-order chi connectivity index (χ1) is 13.0. The fraction of sp³-hybridized carbons (Fsp3) is 0.368. The minimum absolute atomic E-state index is 0.0152. The summed E-state index contributed by atoms with van der Waals surface area (Å²) in [5, 5.41) is 5.60. The zero-order valence-electron chi connectivity index (χ0n) is 15.2. The van der Waals surface area contributed by atoms with E-state index in [2.05, 4.69) is 20.6 Å². The maximum absolute atomic E-state index is 12.8. The lowest BCUT2D eigenvalue weighted by Gasteiger charge is -2.26. The first-order valence-electron chi connectivity index (χ1n) is 9.11. The van der Waals surface area contributed by atoms with Crippen molar-refractivity contribution >= 4 is 35.1 Å². The largest absolute Gasteiger partial charge is 0.383 e. The lowest BCUT2D eigenvalue weighted by atomic mass is 9.92. The highest BCUT2D eigenvalue weighted by molar-refractivity contribution is 6.05. The molecule has 2 aliphatic heterocycles. The van der Waals surface area contributed by atoms with Crippen LogP contribution in [0.2, 0.25) is 0 Å². The van der Waals surface area contributed by atoms with Crippen molar-refractivity contribution in [3.05, 3.63) is 35.4 Å². The lowest BCUT2D eigenvalue weighted by molar-refractivity contribution is -0.123. The van der Waals surface area contributed by atoms with Gasteiger partial charge in [-0.3, -0.25) is 9.59 Å². The van der Waals surface area contributed by atoms with Gasteiger partial charge in [-0.05, 0) is 31.9 Å². The average molecular weight is 366 g/mol. The summed E-state index contributed by atoms with van der Waals surface area (Å²) in [5.74, 6) is -0.182. The molecule has 0 unspecified atom stereocenters. The van der Waals surface area contributed by atoms with Gasteiger partial charge >= 0.3 is 0 Å². The van der Waals surface area contributed by atoms with Gasteiger partial charge in [0.2, 0.25) is 17.8 Å². The molecule has 0 spiro atoms. The number of hydrogen-bond acceptors (Lipinski definition) is 6. The Morgan fingerprint density at radius 3 is 2.63 bits per heavy atom. The molecule has 1 aromatic carbocycles. The van der Waals surface area contributed by atoms with Gasteiger partial charge in [0.15, 0.2) is 0 Å². The molecule has 1 aromatic heterocycles. The van der Waals surface area contributed by atoms with Crippen LogP contribution in [0.1, 0.15) is 36.3 Å². The van der Waals surface area contributed by atoms with Crippen LogP contribution in [0, 0.1) is 6.92 Å². The first-order valence-corrected chi connectivity index (χ1v) is 9.11. The van der Waals surface area contributed by atoms with E-state index in [-0.39, 0.29) is 24.1 Å². The van der Waals surface area contributed by atoms with Crippen LogP contribution in [-0.4, -0.2) is 34.9 Å². The third kappa shape index (κ3) is 3.42. The Balaban J connectivity index is 1.64. The minimum Gasteiger partial charge on any atom is -0.383 e. The second-order valence-corrected chi connectivity index (χ2v) is 7.03. The highest BCUT2D eigenvalue weighted by atomic mass is 16.2. The first kappa shape index (κ1) is 17.3. The molecule has 0 bridgehead atoms. The van der Waals surface area contributed by atoms with E-state index in [0.717, 1.165) is 31.5 Å². The van der Waals surface area contributed by atoms with Crippen LogP contribution in [0.5, 0.6) is 0 Å². The number of carbonyl (C=O) groups excluding carboxylic acids is 2. The number of rotatable bonds is 3. The van der Waals surface area contributed by atoms with Crippen molar-refractivity contribution in [3.63, 3.8) is 0 Å². The van der Waals surface area contributed by atoms with Crippen molar-refractivity contribution in [2.45, 2.75) is 32.1 Å². The van der Waals surface area contributed by atoms with E-state index in [1.165, 1.54) is 0 Å². The van der Waals surface area contributed by atoms with Crippen molar-refractivity contribution in [2.24, 2.45) is 0 Å². The maximum Gasteiger partial charge on any atom is 0.232 e. The molecule has 0 aliphatic carbocycles. The van der Waals surface area contributed by atoms with Gasteiger partial charge < -0.3 is 21.3 Å². The summed E-state index contributed by atoms with van der Waals surface area (Å²) in [7, 11) is 0. The van der Waals surface area contributed by atoms with Crippen molar-refractivity contribution in [2.75, 3.05) is 34.4 Å². The number of nitrogens with two attached hydrogens (primary N) is 1. The van der Waals surface area contributed by atoms with E-state index in [0.29, 0.717) is 23.0 Å². The number of nitrogens with zero attached hydrogens (tertiary/aromatic N) is 3. The Kier molecular flexibility index (Phi) is 4.39. The van der Waals surface area contributed by atoms with E-state index in [9.17, 15) is 9.59 Å². The smallest absolute Gasteiger partial charge is 0.232 e. The summed E-state index contributed by atoms with van der Waals surface area (Å²) in [6.07, 6.45) is 2.17. The fourth-order valence-corrected chi connectivity index (χ4v) is 3.53. The van der Waals surface area contributed by atoms with E-state index < -0.39 is 5.92 Å². The summed E-state index contributed by atoms with van der Waals surface area (Å²) < 4.78 is 0. The fourth-order valence-electron chi connectivity index (χ4n) is 3.53. The molecule has 1 atom stereocenters. The maximum atomic E-state index is 12.8. The van der Waals surface area contributed by atoms with Gasteiger partial charge in [0.1, 0.15) is 11.6 Å². The Bertz CT molecular complexity index is 890. The Hall–Kier alpha value is -3.16. The second-order valence-electron chi connectivity index (χ2n) is 7.03. The average Bonchev–Trinajstić information content (AvgIpc) is 3.17. The van der Waals surface area contributed by atoms with E-state index >= 15 is 0 Å². The van der Waals surface area contributed by atoms with Gasteiger partial charge in [-0.25, -0.2) is 0 Å². The van der Waals surface area contributed by atoms with Crippen LogP contribution < -0.4 is 21.3 Å². The van der Waals surface area contributed by atoms with E-state index in [1.807, 2.05) is 36.1 Å². The molecule has 4 rings (SSSR count). The molecule has 0 radical (unpaired) electrons. The summed E-state index contributed by atoms with van der Waals surface area (Å²) in [6, 6.07) is 7.48. The molecular formula is C19H22N6O2. The van der Waals surface area contributed by atoms with E-state index in [1.54, 1.807) is 0 Å². The van der Waals surface area contributed by atoms with Crippen LogP contribution in [0.3, 0.4) is 0 Å². The Morgan fingerprint density at radius 1 is 1.22 bits per heavy atom. The molecule has 3 heterocycles. The number of aromatic nitrogens is 2. The summed E-state index contributed by atoms with van der Waals surface area (Å²) in [4.78, 5) is 35.9. The van der Waals surface area contributed by atoms with Gasteiger partial charge in [-0.2, -0.15) is 9.97 Å². The van der Waals surface area contributed by atoms with Crippen LogP contribution in [0.25, 0.3) is 0 Å². The second kappa shape index (κ2) is 6.86. The zero-order valence-corrected chi connectivity index (χ0v) is 15.2. The normalized spacial score (nSPS) is 18.8. The number of aryl methyl sites for hydroxylation is 1. The molecule has 2 amide bonds. The summed E-state index contributed by atoms with van der Waals surface area (Å²) in [6.45, 7) is 3.70. The molecule has 2 aromatic rings. The molecule has 1 saturated heterocycles. The lowest BCUT2D eigenvalue weighted by Crippen LogP contribution is -2.33. The number of anilines is 4. The number of hydrogen-bond donors (Lipinski definition) is 3. The predicted octanol–water partition coefficient (Wildman–Crippen LogP) is 2.03. The zero-order chi connectivity index (χ0) is 19.0. The third-order valence-electron chi connectivity index (χ3n) is 4.98. The van der Waals surface area contributed by atoms with Crippen molar-refractivity contribution in [1.29, 1.82) is 0 Å². The molecule has 2 aliphatic rings. The van der Waals surface area contributed by atoms with Crippen LogP contribution in [0.15, 0.2) is 24.3 Å². The highest BCUT2D eigenvalue weighted by Gasteiger charge is 2.35. The van der Waals surface area contributed by atoms with Crippen molar-refractivity contribution in [3.8, 4) is 0 Å².